The molecule has 0 spiro atoms. The third kappa shape index (κ3) is 5.14. The summed E-state index contributed by atoms with van der Waals surface area (Å²) in [7, 11) is 0. The van der Waals surface area contributed by atoms with Gasteiger partial charge in [0.15, 0.2) is 0 Å². The smallest absolute Gasteiger partial charge is 0.336 e. The number of carbonyl (C=O) groups is 1. The maximum atomic E-state index is 12.8. The molecule has 0 amide bonds. The van der Waals surface area contributed by atoms with E-state index in [-0.39, 0.29) is 11.5 Å². The number of hydrogen-bond donors (Lipinski definition) is 2. The molecule has 7 aromatic carbocycles. The van der Waals surface area contributed by atoms with Crippen LogP contribution in [0.4, 0.5) is 0 Å². The van der Waals surface area contributed by atoms with Crippen LogP contribution in [-0.4, -0.2) is 28.6 Å². The quantitative estimate of drug-likeness (QED) is 0.0508. The van der Waals surface area contributed by atoms with E-state index in [9.17, 15) is 15.0 Å². The van der Waals surface area contributed by atoms with Crippen LogP contribution in [0.25, 0.3) is 65.3 Å². The number of hydrogen-bond acceptors (Lipinski definition) is 2. The summed E-state index contributed by atoms with van der Waals surface area (Å²) in [6.07, 6.45) is 6.74. The molecule has 0 aliphatic heterocycles. The second-order valence-electron chi connectivity index (χ2n) is 12.2. The van der Waals surface area contributed by atoms with Crippen LogP contribution in [0, 0.1) is 0 Å². The second kappa shape index (κ2) is 12.6. The predicted molar refractivity (Wildman–Crippen MR) is 193 cm³/mol. The second-order valence-corrected chi connectivity index (χ2v) is 12.2. The van der Waals surface area contributed by atoms with Gasteiger partial charge < -0.3 is 10.2 Å². The maximum absolute atomic E-state index is 12.8. The average Bonchev–Trinajstić information content (AvgIpc) is 3.10. The predicted octanol–water partition coefficient (Wildman–Crippen LogP) is 11.4. The number of aromatic carboxylic acids is 1. The van der Waals surface area contributed by atoms with Gasteiger partial charge in [0, 0.05) is 17.5 Å². The Kier molecular flexibility index (Phi) is 8.11. The summed E-state index contributed by atoms with van der Waals surface area (Å²) in [6, 6.07) is 36.9. The monoisotopic (exact) mass is 603 g/mol. The van der Waals surface area contributed by atoms with Crippen LogP contribution in [0.5, 0.6) is 0 Å². The van der Waals surface area contributed by atoms with Gasteiger partial charge in [0.05, 0.1) is 5.56 Å². The Morgan fingerprint density at radius 3 is 1.89 bits per heavy atom. The molecule has 0 bridgehead atoms. The van der Waals surface area contributed by atoms with Crippen LogP contribution < -0.4 is 0 Å². The van der Waals surface area contributed by atoms with Crippen LogP contribution in [0.1, 0.15) is 61.4 Å². The Labute approximate surface area is 269 Å². The summed E-state index contributed by atoms with van der Waals surface area (Å²) in [5, 5.41) is 29.7. The minimum atomic E-state index is -1.03. The van der Waals surface area contributed by atoms with Crippen molar-refractivity contribution < 1.29 is 15.0 Å². The first kappa shape index (κ1) is 29.5. The van der Waals surface area contributed by atoms with E-state index >= 15 is 0 Å². The number of aliphatic hydroxyl groups excluding tert-OH is 1. The molecule has 228 valence electrons. The summed E-state index contributed by atoms with van der Waals surface area (Å²) < 4.78 is 0. The van der Waals surface area contributed by atoms with Gasteiger partial charge in [0.2, 0.25) is 5.90 Å². The van der Waals surface area contributed by atoms with Crippen LogP contribution in [0.15, 0.2) is 114 Å². The van der Waals surface area contributed by atoms with Gasteiger partial charge in [-0.2, -0.15) is 0 Å². The summed E-state index contributed by atoms with van der Waals surface area (Å²) >= 11 is 0. The molecular weight excluding hydrogens is 566 g/mol. The van der Waals surface area contributed by atoms with E-state index in [0.717, 1.165) is 79.2 Å². The highest BCUT2D eigenvalue weighted by Gasteiger charge is 2.25. The molecule has 0 aliphatic carbocycles. The van der Waals surface area contributed by atoms with Crippen molar-refractivity contribution in [3.8, 4) is 22.3 Å². The molecule has 0 radical (unpaired) electrons. The van der Waals surface area contributed by atoms with E-state index in [1.165, 1.54) is 19.3 Å². The standard InChI is InChI=1S/C42H37NO3/c1-2-3-4-5-6-13-25-43-41(44)36-26-35(28-17-11-8-12-18-28)38-33-20-14-19-30-29(27-15-9-7-10-16-27)21-22-31(37(30)33)32-23-24-34(42(45)46)39(36)40(32)38/h7-12,14-24,26H,2-6,13,25H2,1H3,(H,43,44)(H,45,46). The van der Waals surface area contributed by atoms with Crippen molar-refractivity contribution in [2.75, 3.05) is 6.54 Å². The van der Waals surface area contributed by atoms with Crippen molar-refractivity contribution in [2.45, 2.75) is 45.4 Å². The van der Waals surface area contributed by atoms with Gasteiger partial charge in [-0.3, -0.25) is 4.99 Å². The lowest BCUT2D eigenvalue weighted by Crippen LogP contribution is -2.08. The van der Waals surface area contributed by atoms with Crippen LogP contribution in [0.3, 0.4) is 0 Å². The number of carboxylic acids is 1. The Balaban J connectivity index is 1.55. The molecule has 0 unspecified atom stereocenters. The number of rotatable bonds is 11. The molecule has 4 heteroatoms. The van der Waals surface area contributed by atoms with Gasteiger partial charge in [-0.05, 0) is 78.5 Å². The molecule has 7 aromatic rings. The van der Waals surface area contributed by atoms with E-state index in [2.05, 4.69) is 78.6 Å². The van der Waals surface area contributed by atoms with E-state index in [0.29, 0.717) is 17.5 Å². The lowest BCUT2D eigenvalue weighted by Gasteiger charge is -2.21. The molecular formula is C42H37NO3. The van der Waals surface area contributed by atoms with Crippen LogP contribution >= 0.6 is 0 Å². The molecule has 0 heterocycles. The molecule has 0 aliphatic rings. The largest absolute Gasteiger partial charge is 0.493 e. The maximum Gasteiger partial charge on any atom is 0.336 e. The molecule has 0 fully saturated rings. The average molecular weight is 604 g/mol. The zero-order valence-corrected chi connectivity index (χ0v) is 26.1. The van der Waals surface area contributed by atoms with Gasteiger partial charge in [-0.15, -0.1) is 0 Å². The van der Waals surface area contributed by atoms with E-state index in [1.807, 2.05) is 36.4 Å². The number of benzene rings is 7. The topological polar surface area (TPSA) is 69.9 Å². The highest BCUT2D eigenvalue weighted by Crippen LogP contribution is 2.47. The van der Waals surface area contributed by atoms with Gasteiger partial charge in [-0.25, -0.2) is 4.79 Å². The molecule has 0 aromatic heterocycles. The normalized spacial score (nSPS) is 12.2. The van der Waals surface area contributed by atoms with Gasteiger partial charge in [0.1, 0.15) is 0 Å². The summed E-state index contributed by atoms with van der Waals surface area (Å²) in [5.74, 6) is -1.14. The minimum Gasteiger partial charge on any atom is -0.493 e. The number of fused-ring (bicyclic) bond motifs is 2. The van der Waals surface area contributed by atoms with Crippen molar-refractivity contribution in [1.29, 1.82) is 0 Å². The van der Waals surface area contributed by atoms with Crippen molar-refractivity contribution in [3.05, 3.63) is 120 Å². The van der Waals surface area contributed by atoms with Gasteiger partial charge in [0.25, 0.3) is 0 Å². The Morgan fingerprint density at radius 2 is 1.17 bits per heavy atom. The highest BCUT2D eigenvalue weighted by molar-refractivity contribution is 6.39. The lowest BCUT2D eigenvalue weighted by molar-refractivity contribution is 0.0699. The van der Waals surface area contributed by atoms with Gasteiger partial charge >= 0.3 is 5.97 Å². The summed E-state index contributed by atoms with van der Waals surface area (Å²) in [4.78, 5) is 17.4. The molecule has 0 atom stereocenters. The zero-order valence-electron chi connectivity index (χ0n) is 26.1. The molecule has 0 saturated heterocycles. The number of nitrogens with zero attached hydrogens (tertiary/aromatic N) is 1. The van der Waals surface area contributed by atoms with Crippen molar-refractivity contribution in [1.82, 2.24) is 0 Å². The summed E-state index contributed by atoms with van der Waals surface area (Å²) in [6.45, 7) is 2.70. The van der Waals surface area contributed by atoms with E-state index in [4.69, 9.17) is 0 Å². The number of unbranched alkanes of at least 4 members (excludes halogenated alkanes) is 5. The zero-order chi connectivity index (χ0) is 31.6. The van der Waals surface area contributed by atoms with Crippen LogP contribution in [-0.2, 0) is 0 Å². The molecule has 2 N–H and O–H groups in total. The first-order chi connectivity index (χ1) is 22.6. The first-order valence-corrected chi connectivity index (χ1v) is 16.4. The van der Waals surface area contributed by atoms with E-state index in [1.54, 1.807) is 6.07 Å². The molecule has 46 heavy (non-hydrogen) atoms. The van der Waals surface area contributed by atoms with E-state index < -0.39 is 5.97 Å². The fourth-order valence-corrected chi connectivity index (χ4v) is 7.14. The third-order valence-corrected chi connectivity index (χ3v) is 9.30. The number of carboxylic acid groups (broad SMARTS) is 1. The Bertz CT molecular complexity index is 2220. The Morgan fingerprint density at radius 1 is 0.543 bits per heavy atom. The number of aliphatic hydroxyl groups is 1. The van der Waals surface area contributed by atoms with Crippen molar-refractivity contribution in [3.63, 3.8) is 0 Å². The summed E-state index contributed by atoms with van der Waals surface area (Å²) in [5.41, 5.74) is 4.85. The fraction of sp³-hybridized carbons (Fsp3) is 0.190. The Hall–Kier alpha value is -5.22. The minimum absolute atomic E-state index is 0.111. The molecule has 7 rings (SSSR count). The molecule has 0 saturated carbocycles. The molecule has 4 nitrogen and oxygen atoms in total. The fourth-order valence-electron chi connectivity index (χ4n) is 7.14. The number of aliphatic imine (C=N–C) groups is 1. The van der Waals surface area contributed by atoms with Crippen LogP contribution in [0.2, 0.25) is 0 Å². The third-order valence-electron chi connectivity index (χ3n) is 9.30. The van der Waals surface area contributed by atoms with Gasteiger partial charge in [-0.1, -0.05) is 136 Å². The first-order valence-electron chi connectivity index (χ1n) is 16.4. The SMILES string of the molecule is CCCCCCCCN=C(O)c1cc(-c2ccccc2)c2c3cccc4c(-c5ccccc5)ccc(c5ccc(C(=O)O)c1c52)c43. The lowest BCUT2D eigenvalue weighted by atomic mass is 9.82. The van der Waals surface area contributed by atoms with Crippen molar-refractivity contribution in [2.24, 2.45) is 4.99 Å². The highest BCUT2D eigenvalue weighted by atomic mass is 16.4. The van der Waals surface area contributed by atoms with Crippen molar-refractivity contribution >= 4 is 55.0 Å².